The van der Waals surface area contributed by atoms with Gasteiger partial charge in [0.2, 0.25) is 0 Å². The molecule has 0 atom stereocenters. The lowest BCUT2D eigenvalue weighted by molar-refractivity contribution is -0.135. The molecular weight excluding hydrogens is 166 g/mol. The fourth-order valence-electron chi connectivity index (χ4n) is 1.57. The van der Waals surface area contributed by atoms with Gasteiger partial charge >= 0.3 is 5.97 Å². The van der Waals surface area contributed by atoms with E-state index in [1.54, 1.807) is 6.08 Å². The van der Waals surface area contributed by atoms with Crippen molar-refractivity contribution in [2.45, 2.75) is 26.2 Å². The SMILES string of the molecule is COC(=O)/C=C(/C)N1CCCCC1. The Morgan fingerprint density at radius 1 is 1.31 bits per heavy atom. The van der Waals surface area contributed by atoms with Gasteiger partial charge in [0, 0.05) is 24.9 Å². The van der Waals surface area contributed by atoms with Crippen molar-refractivity contribution in [2.75, 3.05) is 20.2 Å². The number of carbonyl (C=O) groups is 1. The largest absolute Gasteiger partial charge is 0.466 e. The molecule has 1 aliphatic rings. The number of likely N-dealkylation sites (tertiary alicyclic amines) is 1. The Kier molecular flexibility index (Phi) is 3.80. The summed E-state index contributed by atoms with van der Waals surface area (Å²) < 4.78 is 4.57. The van der Waals surface area contributed by atoms with Gasteiger partial charge in [-0.25, -0.2) is 4.79 Å². The molecule has 0 bridgehead atoms. The number of methoxy groups -OCH3 is 1. The lowest BCUT2D eigenvalue weighted by Crippen LogP contribution is -2.28. The molecule has 1 aliphatic heterocycles. The molecule has 1 saturated heterocycles. The first-order chi connectivity index (χ1) is 6.24. The van der Waals surface area contributed by atoms with Gasteiger partial charge in [-0.3, -0.25) is 0 Å². The summed E-state index contributed by atoms with van der Waals surface area (Å²) in [7, 11) is 1.41. The first-order valence-corrected chi connectivity index (χ1v) is 4.75. The summed E-state index contributed by atoms with van der Waals surface area (Å²) in [6, 6.07) is 0. The Labute approximate surface area is 79.4 Å². The van der Waals surface area contributed by atoms with Crippen LogP contribution in [0, 0.1) is 0 Å². The lowest BCUT2D eigenvalue weighted by Gasteiger charge is -2.29. The number of piperidine rings is 1. The summed E-state index contributed by atoms with van der Waals surface area (Å²) in [5, 5.41) is 0. The minimum absolute atomic E-state index is 0.261. The maximum absolute atomic E-state index is 10.9. The Morgan fingerprint density at radius 2 is 1.92 bits per heavy atom. The van der Waals surface area contributed by atoms with Gasteiger partial charge in [0.25, 0.3) is 0 Å². The fourth-order valence-corrected chi connectivity index (χ4v) is 1.57. The summed E-state index contributed by atoms with van der Waals surface area (Å²) in [5.74, 6) is -0.261. The second-order valence-electron chi connectivity index (χ2n) is 3.36. The molecule has 1 heterocycles. The zero-order chi connectivity index (χ0) is 9.68. The van der Waals surface area contributed by atoms with Gasteiger partial charge in [-0.15, -0.1) is 0 Å². The molecule has 1 fully saturated rings. The van der Waals surface area contributed by atoms with Crippen LogP contribution in [0.25, 0.3) is 0 Å². The Morgan fingerprint density at radius 3 is 2.46 bits per heavy atom. The monoisotopic (exact) mass is 183 g/mol. The van der Waals surface area contributed by atoms with E-state index in [1.165, 1.54) is 26.4 Å². The van der Waals surface area contributed by atoms with E-state index in [-0.39, 0.29) is 5.97 Å². The van der Waals surface area contributed by atoms with E-state index in [1.807, 2.05) is 6.92 Å². The molecule has 0 spiro atoms. The number of carbonyl (C=O) groups excluding carboxylic acids is 1. The van der Waals surface area contributed by atoms with Gasteiger partial charge in [0.05, 0.1) is 7.11 Å². The highest BCUT2D eigenvalue weighted by atomic mass is 16.5. The highest BCUT2D eigenvalue weighted by Crippen LogP contribution is 2.13. The highest BCUT2D eigenvalue weighted by molar-refractivity contribution is 5.82. The third-order valence-electron chi connectivity index (χ3n) is 2.38. The van der Waals surface area contributed by atoms with Crippen molar-refractivity contribution in [1.29, 1.82) is 0 Å². The van der Waals surface area contributed by atoms with Crippen molar-refractivity contribution in [2.24, 2.45) is 0 Å². The smallest absolute Gasteiger partial charge is 0.332 e. The topological polar surface area (TPSA) is 29.5 Å². The molecule has 0 aromatic rings. The number of hydrogen-bond donors (Lipinski definition) is 0. The maximum atomic E-state index is 10.9. The Balaban J connectivity index is 2.49. The van der Waals surface area contributed by atoms with Crippen LogP contribution in [-0.2, 0) is 9.53 Å². The van der Waals surface area contributed by atoms with Crippen LogP contribution in [0.15, 0.2) is 11.8 Å². The zero-order valence-electron chi connectivity index (χ0n) is 8.38. The van der Waals surface area contributed by atoms with E-state index < -0.39 is 0 Å². The van der Waals surface area contributed by atoms with Crippen LogP contribution in [-0.4, -0.2) is 31.1 Å². The second-order valence-corrected chi connectivity index (χ2v) is 3.36. The molecule has 0 amide bonds. The van der Waals surface area contributed by atoms with Gasteiger partial charge in [-0.2, -0.15) is 0 Å². The van der Waals surface area contributed by atoms with Crippen LogP contribution in [0.2, 0.25) is 0 Å². The molecule has 0 aromatic carbocycles. The number of allylic oxidation sites excluding steroid dienone is 1. The summed E-state index contributed by atoms with van der Waals surface area (Å²) >= 11 is 0. The maximum Gasteiger partial charge on any atom is 0.332 e. The Bertz CT molecular complexity index is 205. The number of hydrogen-bond acceptors (Lipinski definition) is 3. The Hall–Kier alpha value is -0.990. The molecular formula is C10H17NO2. The molecule has 13 heavy (non-hydrogen) atoms. The molecule has 1 rings (SSSR count). The quantitative estimate of drug-likeness (QED) is 0.480. The van der Waals surface area contributed by atoms with Gasteiger partial charge in [0.1, 0.15) is 0 Å². The average Bonchev–Trinajstić information content (AvgIpc) is 2.19. The molecule has 74 valence electrons. The van der Waals surface area contributed by atoms with E-state index in [0.717, 1.165) is 18.8 Å². The summed E-state index contributed by atoms with van der Waals surface area (Å²) in [4.78, 5) is 13.2. The van der Waals surface area contributed by atoms with E-state index in [0.29, 0.717) is 0 Å². The molecule has 0 unspecified atom stereocenters. The number of rotatable bonds is 2. The summed E-state index contributed by atoms with van der Waals surface area (Å²) in [6.07, 6.45) is 5.33. The van der Waals surface area contributed by atoms with Gasteiger partial charge in [-0.05, 0) is 26.2 Å². The van der Waals surface area contributed by atoms with E-state index in [4.69, 9.17) is 0 Å². The first kappa shape index (κ1) is 10.1. The van der Waals surface area contributed by atoms with Crippen molar-refractivity contribution in [1.82, 2.24) is 4.90 Å². The molecule has 0 aliphatic carbocycles. The average molecular weight is 183 g/mol. The minimum Gasteiger partial charge on any atom is -0.466 e. The van der Waals surface area contributed by atoms with Crippen molar-refractivity contribution < 1.29 is 9.53 Å². The predicted octanol–water partition coefficient (Wildman–Crippen LogP) is 1.55. The zero-order valence-corrected chi connectivity index (χ0v) is 8.38. The molecule has 0 aromatic heterocycles. The van der Waals surface area contributed by atoms with Crippen LogP contribution >= 0.6 is 0 Å². The van der Waals surface area contributed by atoms with Crippen LogP contribution in [0.4, 0.5) is 0 Å². The first-order valence-electron chi connectivity index (χ1n) is 4.75. The number of esters is 1. The highest BCUT2D eigenvalue weighted by Gasteiger charge is 2.10. The summed E-state index contributed by atoms with van der Waals surface area (Å²) in [6.45, 7) is 4.10. The van der Waals surface area contributed by atoms with E-state index in [9.17, 15) is 4.79 Å². The lowest BCUT2D eigenvalue weighted by atomic mass is 10.1. The van der Waals surface area contributed by atoms with Crippen LogP contribution in [0.5, 0.6) is 0 Å². The van der Waals surface area contributed by atoms with Crippen molar-refractivity contribution >= 4 is 5.97 Å². The number of nitrogens with zero attached hydrogens (tertiary/aromatic N) is 1. The minimum atomic E-state index is -0.261. The number of ether oxygens (including phenoxy) is 1. The van der Waals surface area contributed by atoms with Gasteiger partial charge < -0.3 is 9.64 Å². The van der Waals surface area contributed by atoms with Crippen molar-refractivity contribution in [3.05, 3.63) is 11.8 Å². The molecule has 0 N–H and O–H groups in total. The van der Waals surface area contributed by atoms with Crippen LogP contribution in [0.3, 0.4) is 0 Å². The molecule has 0 saturated carbocycles. The second kappa shape index (κ2) is 4.90. The third kappa shape index (κ3) is 3.09. The van der Waals surface area contributed by atoms with Gasteiger partial charge in [0.15, 0.2) is 0 Å². The van der Waals surface area contributed by atoms with Crippen molar-refractivity contribution in [3.8, 4) is 0 Å². The van der Waals surface area contributed by atoms with E-state index >= 15 is 0 Å². The normalized spacial score (nSPS) is 18.6. The summed E-state index contributed by atoms with van der Waals surface area (Å²) in [5.41, 5.74) is 1.02. The molecule has 0 radical (unpaired) electrons. The van der Waals surface area contributed by atoms with E-state index in [2.05, 4.69) is 9.64 Å². The molecule has 3 heteroatoms. The standard InChI is InChI=1S/C10H17NO2/c1-9(8-10(12)13-2)11-6-4-3-5-7-11/h8H,3-7H2,1-2H3/b9-8-. The molecule has 3 nitrogen and oxygen atoms in total. The fraction of sp³-hybridized carbons (Fsp3) is 0.700. The van der Waals surface area contributed by atoms with Gasteiger partial charge in [-0.1, -0.05) is 0 Å². The predicted molar refractivity (Wildman–Crippen MR) is 51.2 cm³/mol. The third-order valence-corrected chi connectivity index (χ3v) is 2.38. The van der Waals surface area contributed by atoms with Crippen LogP contribution in [0.1, 0.15) is 26.2 Å². The van der Waals surface area contributed by atoms with Crippen molar-refractivity contribution in [3.63, 3.8) is 0 Å². The van der Waals surface area contributed by atoms with Crippen LogP contribution < -0.4 is 0 Å².